The van der Waals surface area contributed by atoms with Crippen LogP contribution in [0.1, 0.15) is 20.3 Å². The molecule has 14 heavy (non-hydrogen) atoms. The molecule has 0 aliphatic carbocycles. The van der Waals surface area contributed by atoms with E-state index in [9.17, 15) is 0 Å². The number of hydrogen-bond acceptors (Lipinski definition) is 1. The van der Waals surface area contributed by atoms with Crippen LogP contribution in [0.15, 0.2) is 27.1 Å². The molecule has 0 bridgehead atoms. The van der Waals surface area contributed by atoms with Crippen LogP contribution in [0.25, 0.3) is 0 Å². The molecule has 0 saturated carbocycles. The van der Waals surface area contributed by atoms with E-state index in [4.69, 9.17) is 0 Å². The van der Waals surface area contributed by atoms with Gasteiger partial charge < -0.3 is 5.32 Å². The molecule has 1 aromatic rings. The van der Waals surface area contributed by atoms with Crippen molar-refractivity contribution in [2.24, 2.45) is 5.92 Å². The highest BCUT2D eigenvalue weighted by molar-refractivity contribution is 9.11. The van der Waals surface area contributed by atoms with E-state index >= 15 is 0 Å². The Morgan fingerprint density at radius 3 is 2.57 bits per heavy atom. The van der Waals surface area contributed by atoms with Crippen LogP contribution in [0.2, 0.25) is 0 Å². The first kappa shape index (κ1) is 12.1. The molecule has 0 saturated heterocycles. The Morgan fingerprint density at radius 2 is 2.00 bits per heavy atom. The van der Waals surface area contributed by atoms with Crippen LogP contribution in [0.4, 0.5) is 5.69 Å². The summed E-state index contributed by atoms with van der Waals surface area (Å²) in [6, 6.07) is 6.18. The van der Waals surface area contributed by atoms with Crippen LogP contribution in [-0.4, -0.2) is 6.54 Å². The number of hydrogen-bond donors (Lipinski definition) is 1. The largest absolute Gasteiger partial charge is 0.384 e. The summed E-state index contributed by atoms with van der Waals surface area (Å²) in [7, 11) is 0. The lowest BCUT2D eigenvalue weighted by atomic mass is 10.1. The minimum atomic E-state index is 0.747. The van der Waals surface area contributed by atoms with Crippen molar-refractivity contribution in [1.29, 1.82) is 0 Å². The van der Waals surface area contributed by atoms with Gasteiger partial charge in [0.1, 0.15) is 0 Å². The van der Waals surface area contributed by atoms with Crippen LogP contribution in [-0.2, 0) is 0 Å². The van der Waals surface area contributed by atoms with Gasteiger partial charge in [-0.05, 0) is 46.5 Å². The molecule has 0 atom stereocenters. The second-order valence-corrected chi connectivity index (χ2v) is 5.50. The summed E-state index contributed by atoms with van der Waals surface area (Å²) in [5.41, 5.74) is 1.16. The zero-order valence-electron chi connectivity index (χ0n) is 8.48. The summed E-state index contributed by atoms with van der Waals surface area (Å²) in [5, 5.41) is 3.40. The third-order valence-corrected chi connectivity index (χ3v) is 3.12. The van der Waals surface area contributed by atoms with Crippen molar-refractivity contribution in [3.8, 4) is 0 Å². The van der Waals surface area contributed by atoms with Crippen molar-refractivity contribution in [1.82, 2.24) is 0 Å². The highest BCUT2D eigenvalue weighted by atomic mass is 79.9. The molecule has 0 aromatic heterocycles. The molecule has 0 aliphatic rings. The van der Waals surface area contributed by atoms with E-state index < -0.39 is 0 Å². The third kappa shape index (κ3) is 4.01. The summed E-state index contributed by atoms with van der Waals surface area (Å²) in [6.07, 6.45) is 1.20. The molecule has 0 heterocycles. The second kappa shape index (κ2) is 5.76. The Balaban J connectivity index is 2.51. The zero-order chi connectivity index (χ0) is 10.6. The molecule has 1 nitrogen and oxygen atoms in total. The minimum Gasteiger partial charge on any atom is -0.384 e. The maximum absolute atomic E-state index is 3.52. The van der Waals surface area contributed by atoms with E-state index in [0.717, 1.165) is 27.1 Å². The normalized spacial score (nSPS) is 10.6. The molecule has 78 valence electrons. The van der Waals surface area contributed by atoms with Crippen molar-refractivity contribution in [3.05, 3.63) is 27.1 Å². The molecule has 0 radical (unpaired) electrons. The maximum atomic E-state index is 3.52. The van der Waals surface area contributed by atoms with Gasteiger partial charge in [-0.15, -0.1) is 0 Å². The average molecular weight is 321 g/mol. The lowest BCUT2D eigenvalue weighted by Crippen LogP contribution is -2.04. The van der Waals surface area contributed by atoms with Crippen molar-refractivity contribution < 1.29 is 0 Å². The van der Waals surface area contributed by atoms with E-state index in [-0.39, 0.29) is 0 Å². The molecule has 1 rings (SSSR count). The molecular weight excluding hydrogens is 306 g/mol. The van der Waals surface area contributed by atoms with Gasteiger partial charge in [-0.1, -0.05) is 29.8 Å². The molecule has 0 spiro atoms. The van der Waals surface area contributed by atoms with Crippen LogP contribution < -0.4 is 5.32 Å². The summed E-state index contributed by atoms with van der Waals surface area (Å²) in [4.78, 5) is 0. The van der Waals surface area contributed by atoms with Crippen LogP contribution in [0.5, 0.6) is 0 Å². The molecule has 0 aliphatic heterocycles. The molecule has 0 amide bonds. The first-order chi connectivity index (χ1) is 6.59. The van der Waals surface area contributed by atoms with E-state index in [1.165, 1.54) is 6.42 Å². The monoisotopic (exact) mass is 319 g/mol. The van der Waals surface area contributed by atoms with E-state index in [2.05, 4.69) is 63.2 Å². The minimum absolute atomic E-state index is 0.747. The number of nitrogens with one attached hydrogen (secondary N) is 1. The molecule has 0 unspecified atom stereocenters. The first-order valence-electron chi connectivity index (χ1n) is 4.78. The van der Waals surface area contributed by atoms with Gasteiger partial charge in [0.05, 0.1) is 0 Å². The fraction of sp³-hybridized carbons (Fsp3) is 0.455. The van der Waals surface area contributed by atoms with Gasteiger partial charge in [0.2, 0.25) is 0 Å². The maximum Gasteiger partial charge on any atom is 0.0485 e. The summed E-state index contributed by atoms with van der Waals surface area (Å²) in [6.45, 7) is 5.49. The quantitative estimate of drug-likeness (QED) is 0.850. The van der Waals surface area contributed by atoms with Gasteiger partial charge in [0, 0.05) is 21.2 Å². The fourth-order valence-corrected chi connectivity index (χ4v) is 2.32. The topological polar surface area (TPSA) is 12.0 Å². The Bertz CT molecular complexity index is 297. The lowest BCUT2D eigenvalue weighted by Gasteiger charge is -2.10. The van der Waals surface area contributed by atoms with Crippen LogP contribution >= 0.6 is 31.9 Å². The standard InChI is InChI=1S/C11H15Br2N/c1-8(2)5-6-14-11-4-3-9(12)7-10(11)13/h3-4,7-8,14H,5-6H2,1-2H3. The van der Waals surface area contributed by atoms with Gasteiger partial charge in [-0.3, -0.25) is 0 Å². The second-order valence-electron chi connectivity index (χ2n) is 3.73. The van der Waals surface area contributed by atoms with Gasteiger partial charge in [-0.2, -0.15) is 0 Å². The van der Waals surface area contributed by atoms with Crippen LogP contribution in [0, 0.1) is 5.92 Å². The lowest BCUT2D eigenvalue weighted by molar-refractivity contribution is 0.607. The van der Waals surface area contributed by atoms with E-state index in [0.29, 0.717) is 0 Å². The molecule has 0 fully saturated rings. The van der Waals surface area contributed by atoms with Gasteiger partial charge in [-0.25, -0.2) is 0 Å². The Labute approximate surface area is 103 Å². The summed E-state index contributed by atoms with van der Waals surface area (Å²) >= 11 is 6.95. The SMILES string of the molecule is CC(C)CCNc1ccc(Br)cc1Br. The van der Waals surface area contributed by atoms with E-state index in [1.54, 1.807) is 0 Å². The highest BCUT2D eigenvalue weighted by Crippen LogP contribution is 2.26. The predicted octanol–water partition coefficient (Wildman–Crippen LogP) is 4.67. The van der Waals surface area contributed by atoms with Gasteiger partial charge in [0.25, 0.3) is 0 Å². The third-order valence-electron chi connectivity index (χ3n) is 1.97. The smallest absolute Gasteiger partial charge is 0.0485 e. The van der Waals surface area contributed by atoms with Crippen molar-refractivity contribution in [2.75, 3.05) is 11.9 Å². The number of rotatable bonds is 4. The highest BCUT2D eigenvalue weighted by Gasteiger charge is 2.00. The molecular formula is C11H15Br2N. The Hall–Kier alpha value is -0.0200. The van der Waals surface area contributed by atoms with Crippen molar-refractivity contribution in [3.63, 3.8) is 0 Å². The summed E-state index contributed by atoms with van der Waals surface area (Å²) in [5.74, 6) is 0.747. The molecule has 1 aromatic carbocycles. The molecule has 1 N–H and O–H groups in total. The van der Waals surface area contributed by atoms with Crippen molar-refractivity contribution >= 4 is 37.5 Å². The first-order valence-corrected chi connectivity index (χ1v) is 6.37. The number of halogens is 2. The predicted molar refractivity (Wildman–Crippen MR) is 69.8 cm³/mol. The average Bonchev–Trinajstić information content (AvgIpc) is 2.08. The Morgan fingerprint density at radius 1 is 1.29 bits per heavy atom. The zero-order valence-corrected chi connectivity index (χ0v) is 11.7. The number of anilines is 1. The fourth-order valence-electron chi connectivity index (χ4n) is 1.13. The van der Waals surface area contributed by atoms with Gasteiger partial charge >= 0.3 is 0 Å². The summed E-state index contributed by atoms with van der Waals surface area (Å²) < 4.78 is 2.20. The van der Waals surface area contributed by atoms with Crippen molar-refractivity contribution in [2.45, 2.75) is 20.3 Å². The van der Waals surface area contributed by atoms with Gasteiger partial charge in [0.15, 0.2) is 0 Å². The molecule has 3 heteroatoms. The van der Waals surface area contributed by atoms with Crippen LogP contribution in [0.3, 0.4) is 0 Å². The Kier molecular flexibility index (Phi) is 4.96. The van der Waals surface area contributed by atoms with E-state index in [1.807, 2.05) is 6.07 Å². The number of benzene rings is 1.